The number of amides is 1. The average molecular weight is 373 g/mol. The number of nitrogens with zero attached hydrogens (tertiary/aromatic N) is 1. The predicted molar refractivity (Wildman–Crippen MR) is 96.0 cm³/mol. The number of hydrogen-bond acceptors (Lipinski definition) is 2. The minimum Gasteiger partial charge on any atom is -0.348 e. The fourth-order valence-corrected chi connectivity index (χ4v) is 2.81. The number of aromatic nitrogens is 2. The molecule has 0 aliphatic heterocycles. The summed E-state index contributed by atoms with van der Waals surface area (Å²) in [6.07, 6.45) is -2.20. The Balaban J connectivity index is 1.78. The molecule has 27 heavy (non-hydrogen) atoms. The number of H-pyrrole nitrogens is 1. The third kappa shape index (κ3) is 4.19. The molecule has 3 aromatic rings. The van der Waals surface area contributed by atoms with Crippen LogP contribution in [0.5, 0.6) is 0 Å². The van der Waals surface area contributed by atoms with Crippen LogP contribution in [0.15, 0.2) is 54.7 Å². The fourth-order valence-electron chi connectivity index (χ4n) is 2.81. The topological polar surface area (TPSA) is 57.8 Å². The van der Waals surface area contributed by atoms with Gasteiger partial charge in [-0.2, -0.15) is 18.3 Å². The van der Waals surface area contributed by atoms with Crippen LogP contribution < -0.4 is 5.32 Å². The number of carbonyl (C=O) groups is 1. The summed E-state index contributed by atoms with van der Waals surface area (Å²) >= 11 is 0. The molecule has 1 amide bonds. The second kappa shape index (κ2) is 7.65. The largest absolute Gasteiger partial charge is 0.416 e. The van der Waals surface area contributed by atoms with E-state index in [4.69, 9.17) is 0 Å². The summed E-state index contributed by atoms with van der Waals surface area (Å²) in [7, 11) is 0. The van der Waals surface area contributed by atoms with Crippen molar-refractivity contribution >= 4 is 5.91 Å². The number of aryl methyl sites for hydroxylation is 1. The highest BCUT2D eigenvalue weighted by atomic mass is 19.4. The Morgan fingerprint density at radius 3 is 2.48 bits per heavy atom. The van der Waals surface area contributed by atoms with Gasteiger partial charge >= 0.3 is 6.18 Å². The van der Waals surface area contributed by atoms with Crippen LogP contribution in [0.4, 0.5) is 13.2 Å². The molecule has 0 aliphatic carbocycles. The highest BCUT2D eigenvalue weighted by Crippen LogP contribution is 2.31. The van der Waals surface area contributed by atoms with Crippen LogP contribution in [-0.2, 0) is 19.1 Å². The summed E-state index contributed by atoms with van der Waals surface area (Å²) in [5.74, 6) is -0.490. The molecule has 2 aromatic carbocycles. The highest BCUT2D eigenvalue weighted by molar-refractivity contribution is 5.99. The van der Waals surface area contributed by atoms with Gasteiger partial charge in [-0.25, -0.2) is 0 Å². The smallest absolute Gasteiger partial charge is 0.348 e. The average Bonchev–Trinajstić information content (AvgIpc) is 3.15. The van der Waals surface area contributed by atoms with Crippen LogP contribution in [0, 0.1) is 0 Å². The van der Waals surface area contributed by atoms with Crippen LogP contribution in [0.2, 0.25) is 0 Å². The third-order valence-electron chi connectivity index (χ3n) is 4.30. The lowest BCUT2D eigenvalue weighted by molar-refractivity contribution is -0.138. The van der Waals surface area contributed by atoms with Gasteiger partial charge in [-0.3, -0.25) is 9.89 Å². The molecule has 0 unspecified atom stereocenters. The van der Waals surface area contributed by atoms with Gasteiger partial charge in [0.15, 0.2) is 0 Å². The molecule has 7 heteroatoms. The molecular weight excluding hydrogens is 355 g/mol. The zero-order valence-corrected chi connectivity index (χ0v) is 14.6. The number of halogens is 3. The lowest BCUT2D eigenvalue weighted by Gasteiger charge is -2.13. The molecule has 140 valence electrons. The van der Waals surface area contributed by atoms with E-state index < -0.39 is 17.6 Å². The maximum Gasteiger partial charge on any atom is 0.416 e. The van der Waals surface area contributed by atoms with E-state index in [1.165, 1.54) is 24.4 Å². The molecule has 4 nitrogen and oxygen atoms in total. The summed E-state index contributed by atoms with van der Waals surface area (Å²) in [6, 6.07) is 12.8. The van der Waals surface area contributed by atoms with Gasteiger partial charge in [-0.15, -0.1) is 0 Å². The van der Waals surface area contributed by atoms with Crippen molar-refractivity contribution < 1.29 is 18.0 Å². The molecule has 0 fully saturated rings. The third-order valence-corrected chi connectivity index (χ3v) is 4.30. The number of benzene rings is 2. The van der Waals surface area contributed by atoms with E-state index >= 15 is 0 Å². The summed E-state index contributed by atoms with van der Waals surface area (Å²) < 4.78 is 39.2. The van der Waals surface area contributed by atoms with Crippen molar-refractivity contribution in [1.82, 2.24) is 15.5 Å². The lowest BCUT2D eigenvalue weighted by Crippen LogP contribution is -2.24. The first-order valence-electron chi connectivity index (χ1n) is 8.46. The molecule has 0 atom stereocenters. The van der Waals surface area contributed by atoms with Crippen molar-refractivity contribution in [3.63, 3.8) is 0 Å². The van der Waals surface area contributed by atoms with Crippen LogP contribution in [0.25, 0.3) is 11.3 Å². The first-order valence-corrected chi connectivity index (χ1v) is 8.46. The van der Waals surface area contributed by atoms with Gasteiger partial charge in [0.05, 0.1) is 23.0 Å². The second-order valence-corrected chi connectivity index (χ2v) is 6.05. The van der Waals surface area contributed by atoms with Crippen molar-refractivity contribution in [1.29, 1.82) is 0 Å². The first-order chi connectivity index (χ1) is 12.9. The van der Waals surface area contributed by atoms with E-state index in [0.29, 0.717) is 5.69 Å². The SMILES string of the molecule is CCc1ccc(-c2[nH]ncc2C(=O)NCc2ccccc2C(F)(F)F)cc1. The van der Waals surface area contributed by atoms with Crippen molar-refractivity contribution in [2.75, 3.05) is 0 Å². The highest BCUT2D eigenvalue weighted by Gasteiger charge is 2.32. The molecule has 0 saturated heterocycles. The monoisotopic (exact) mass is 373 g/mol. The van der Waals surface area contributed by atoms with Crippen LogP contribution in [-0.4, -0.2) is 16.1 Å². The fraction of sp³-hybridized carbons (Fsp3) is 0.200. The molecule has 0 bridgehead atoms. The summed E-state index contributed by atoms with van der Waals surface area (Å²) in [5.41, 5.74) is 2.00. The number of nitrogens with one attached hydrogen (secondary N) is 2. The number of carbonyl (C=O) groups excluding carboxylic acids is 1. The number of rotatable bonds is 5. The number of hydrogen-bond donors (Lipinski definition) is 2. The minimum absolute atomic E-state index is 0.00990. The Kier molecular flexibility index (Phi) is 5.30. The number of aromatic amines is 1. The zero-order valence-electron chi connectivity index (χ0n) is 14.6. The Morgan fingerprint density at radius 2 is 1.81 bits per heavy atom. The lowest BCUT2D eigenvalue weighted by atomic mass is 10.0. The summed E-state index contributed by atoms with van der Waals surface area (Å²) in [5, 5.41) is 9.24. The summed E-state index contributed by atoms with van der Waals surface area (Å²) in [6.45, 7) is 1.82. The van der Waals surface area contributed by atoms with Crippen LogP contribution in [0.3, 0.4) is 0 Å². The quantitative estimate of drug-likeness (QED) is 0.687. The van der Waals surface area contributed by atoms with Crippen molar-refractivity contribution in [3.05, 3.63) is 77.0 Å². The van der Waals surface area contributed by atoms with Crippen molar-refractivity contribution in [2.24, 2.45) is 0 Å². The first kappa shape index (κ1) is 18.7. The Hall–Kier alpha value is -3.09. The van der Waals surface area contributed by atoms with E-state index in [-0.39, 0.29) is 17.7 Å². The van der Waals surface area contributed by atoms with Gasteiger partial charge in [0.2, 0.25) is 0 Å². The Bertz CT molecular complexity index is 930. The zero-order chi connectivity index (χ0) is 19.4. The molecule has 0 radical (unpaired) electrons. The molecule has 0 spiro atoms. The maximum atomic E-state index is 13.1. The molecule has 2 N–H and O–H groups in total. The van der Waals surface area contributed by atoms with Crippen molar-refractivity contribution in [2.45, 2.75) is 26.1 Å². The number of alkyl halides is 3. The molecule has 1 aromatic heterocycles. The minimum atomic E-state index is -4.47. The van der Waals surface area contributed by atoms with Gasteiger partial charge in [0.25, 0.3) is 5.91 Å². The van der Waals surface area contributed by atoms with E-state index in [1.54, 1.807) is 0 Å². The van der Waals surface area contributed by atoms with E-state index in [0.717, 1.165) is 23.6 Å². The summed E-state index contributed by atoms with van der Waals surface area (Å²) in [4.78, 5) is 12.5. The van der Waals surface area contributed by atoms with Gasteiger partial charge in [-0.05, 0) is 23.6 Å². The normalized spacial score (nSPS) is 11.4. The molecule has 0 saturated carbocycles. The molecule has 1 heterocycles. The molecular formula is C20H18F3N3O. The van der Waals surface area contributed by atoms with Gasteiger partial charge < -0.3 is 5.32 Å². The maximum absolute atomic E-state index is 13.1. The Labute approximate surface area is 154 Å². The van der Waals surface area contributed by atoms with Crippen LogP contribution >= 0.6 is 0 Å². The standard InChI is InChI=1S/C20H18F3N3O/c1-2-13-7-9-14(10-8-13)18-16(12-25-26-18)19(27)24-11-15-5-3-4-6-17(15)20(21,22)23/h3-10,12H,2,11H2,1H3,(H,24,27)(H,25,26). The molecule has 0 aliphatic rings. The van der Waals surface area contributed by atoms with Gasteiger partial charge in [-0.1, -0.05) is 49.4 Å². The van der Waals surface area contributed by atoms with Gasteiger partial charge in [0.1, 0.15) is 0 Å². The van der Waals surface area contributed by atoms with E-state index in [9.17, 15) is 18.0 Å². The Morgan fingerprint density at radius 1 is 1.11 bits per heavy atom. The van der Waals surface area contributed by atoms with Crippen LogP contribution in [0.1, 0.15) is 34.0 Å². The van der Waals surface area contributed by atoms with Gasteiger partial charge in [0, 0.05) is 12.1 Å². The second-order valence-electron chi connectivity index (χ2n) is 6.05. The van der Waals surface area contributed by atoms with E-state index in [2.05, 4.69) is 15.5 Å². The van der Waals surface area contributed by atoms with Crippen molar-refractivity contribution in [3.8, 4) is 11.3 Å². The predicted octanol–water partition coefficient (Wildman–Crippen LogP) is 4.59. The molecule has 3 rings (SSSR count). The van der Waals surface area contributed by atoms with E-state index in [1.807, 2.05) is 31.2 Å².